The Morgan fingerprint density at radius 1 is 0.264 bits per heavy atom. The third-order valence-corrected chi connectivity index (χ3v) is 19.0. The van der Waals surface area contributed by atoms with Gasteiger partial charge in [0.05, 0.1) is 26.4 Å². The van der Waals surface area contributed by atoms with Gasteiger partial charge in [-0.2, -0.15) is 0 Å². The van der Waals surface area contributed by atoms with Crippen LogP contribution in [0.25, 0.3) is 0 Å². The molecule has 0 aliphatic heterocycles. The van der Waals surface area contributed by atoms with Crippen molar-refractivity contribution in [3.63, 3.8) is 0 Å². The normalized spacial score (nSPS) is 14.5. The molecule has 0 aromatic carbocycles. The van der Waals surface area contributed by atoms with Crippen molar-refractivity contribution in [2.45, 2.75) is 354 Å². The van der Waals surface area contributed by atoms with Crippen molar-refractivity contribution in [1.29, 1.82) is 0 Å². The highest BCUT2D eigenvalue weighted by molar-refractivity contribution is 7.47. The minimum absolute atomic E-state index is 0.0313. The Bertz CT molecular complexity index is 2530. The molecule has 0 heterocycles. The van der Waals surface area contributed by atoms with Gasteiger partial charge < -0.3 is 33.8 Å². The first-order valence-electron chi connectivity index (χ1n) is 41.4. The number of aliphatic hydroxyl groups excluding tert-OH is 1. The van der Waals surface area contributed by atoms with E-state index < -0.39 is 97.5 Å². The van der Waals surface area contributed by atoms with Gasteiger partial charge in [0.1, 0.15) is 19.3 Å². The van der Waals surface area contributed by atoms with Crippen LogP contribution in [0.1, 0.15) is 336 Å². The Kier molecular flexibility index (Phi) is 74.8. The van der Waals surface area contributed by atoms with Crippen LogP contribution in [0.5, 0.6) is 0 Å². The first-order chi connectivity index (χ1) is 51.7. The zero-order valence-corrected chi connectivity index (χ0v) is 68.4. The summed E-state index contributed by atoms with van der Waals surface area (Å²) in [7, 11) is -10.0. The van der Waals surface area contributed by atoms with Gasteiger partial charge in [-0.15, -0.1) is 0 Å². The average molecular weight is 1530 g/mol. The predicted molar refractivity (Wildman–Crippen MR) is 436 cm³/mol. The van der Waals surface area contributed by atoms with Crippen molar-refractivity contribution in [1.82, 2.24) is 0 Å². The molecule has 0 saturated carbocycles. The number of aliphatic hydroxyl groups is 1. The fourth-order valence-electron chi connectivity index (χ4n) is 10.8. The first-order valence-corrected chi connectivity index (χ1v) is 44.4. The number of rotatable bonds is 77. The Balaban J connectivity index is 5.50. The quantitative estimate of drug-likeness (QED) is 0.0169. The van der Waals surface area contributed by atoms with E-state index in [0.717, 1.165) is 116 Å². The molecular weight excluding hydrogens is 1380 g/mol. The van der Waals surface area contributed by atoms with Crippen LogP contribution in [0.3, 0.4) is 0 Å². The third kappa shape index (κ3) is 77.4. The molecule has 0 aromatic heterocycles. The van der Waals surface area contributed by atoms with E-state index in [4.69, 9.17) is 37.0 Å². The highest BCUT2D eigenvalue weighted by atomic mass is 31.2. The van der Waals surface area contributed by atoms with Crippen molar-refractivity contribution in [2.24, 2.45) is 0 Å². The van der Waals surface area contributed by atoms with Crippen LogP contribution in [-0.2, 0) is 65.4 Å². The van der Waals surface area contributed by atoms with Gasteiger partial charge in [-0.25, -0.2) is 9.13 Å². The SMILES string of the molecule is CCCCC/C=C\C/C=C\C/C=C\C/C=C\C/C=C\CCC(=O)O[C@H](COC(=O)CCCCCCC/C=C\CCCCCCCC)COP(=O)(O)OC[C@@H](O)COP(=O)(O)OC[C@@H](COC(=O)CCCCCCCCCCCCCCC)OC(=O)CC/C=C\C/C=C\C/C=C\C/C=C\C/C=C\CCCCC. The Morgan fingerprint density at radius 3 is 0.774 bits per heavy atom. The lowest BCUT2D eigenvalue weighted by Gasteiger charge is -2.21. The summed E-state index contributed by atoms with van der Waals surface area (Å²) in [6, 6.07) is 0. The summed E-state index contributed by atoms with van der Waals surface area (Å²) >= 11 is 0. The Hall–Kier alpha value is -4.80. The summed E-state index contributed by atoms with van der Waals surface area (Å²) in [5, 5.41) is 10.6. The van der Waals surface area contributed by atoms with Gasteiger partial charge >= 0.3 is 39.5 Å². The number of esters is 4. The Morgan fingerprint density at radius 2 is 0.481 bits per heavy atom. The summed E-state index contributed by atoms with van der Waals surface area (Å²) in [4.78, 5) is 73.0. The topological polar surface area (TPSA) is 237 Å². The maximum atomic E-state index is 13.1. The fraction of sp³-hybridized carbons (Fsp3) is 0.701. The third-order valence-electron chi connectivity index (χ3n) is 17.1. The number of carbonyl (C=O) groups excluding carboxylic acids is 4. The maximum absolute atomic E-state index is 13.1. The Labute approximate surface area is 644 Å². The van der Waals surface area contributed by atoms with Crippen molar-refractivity contribution in [3.05, 3.63) is 134 Å². The molecule has 0 radical (unpaired) electrons. The van der Waals surface area contributed by atoms with E-state index in [1.165, 1.54) is 128 Å². The number of phosphoric ester groups is 2. The lowest BCUT2D eigenvalue weighted by Crippen LogP contribution is -2.30. The zero-order valence-electron chi connectivity index (χ0n) is 66.6. The van der Waals surface area contributed by atoms with E-state index in [9.17, 15) is 43.2 Å². The van der Waals surface area contributed by atoms with Crippen LogP contribution in [0.2, 0.25) is 0 Å². The van der Waals surface area contributed by atoms with Gasteiger partial charge in [0.2, 0.25) is 0 Å². The second-order valence-corrected chi connectivity index (χ2v) is 30.3. The zero-order chi connectivity index (χ0) is 77.4. The number of allylic oxidation sites excluding steroid dienone is 22. The van der Waals surface area contributed by atoms with Crippen LogP contribution in [0, 0.1) is 0 Å². The number of phosphoric acid groups is 2. The van der Waals surface area contributed by atoms with Crippen molar-refractivity contribution in [2.75, 3.05) is 39.6 Å². The van der Waals surface area contributed by atoms with E-state index in [2.05, 4.69) is 125 Å². The average Bonchev–Trinajstić information content (AvgIpc) is 1.23. The van der Waals surface area contributed by atoms with E-state index >= 15 is 0 Å². The molecule has 106 heavy (non-hydrogen) atoms. The molecular formula is C87H148O17P2. The molecule has 2 unspecified atom stereocenters. The molecule has 19 heteroatoms. The summed E-state index contributed by atoms with van der Waals surface area (Å²) in [6.45, 7) is 4.66. The van der Waals surface area contributed by atoms with Gasteiger partial charge in [0.25, 0.3) is 0 Å². The molecule has 0 bridgehead atoms. The first kappa shape index (κ1) is 101. The van der Waals surface area contributed by atoms with E-state index in [-0.39, 0.29) is 25.7 Å². The van der Waals surface area contributed by atoms with Crippen molar-refractivity contribution >= 4 is 39.5 Å². The van der Waals surface area contributed by atoms with E-state index in [1.807, 2.05) is 36.5 Å². The predicted octanol–water partition coefficient (Wildman–Crippen LogP) is 24.4. The van der Waals surface area contributed by atoms with Gasteiger partial charge in [-0.3, -0.25) is 37.3 Å². The molecule has 3 N–H and O–H groups in total. The summed E-state index contributed by atoms with van der Waals surface area (Å²) < 4.78 is 68.5. The van der Waals surface area contributed by atoms with Crippen LogP contribution < -0.4 is 0 Å². The van der Waals surface area contributed by atoms with Gasteiger partial charge in [-0.1, -0.05) is 315 Å². The molecule has 0 rings (SSSR count). The molecule has 0 aromatic rings. The second kappa shape index (κ2) is 78.3. The minimum atomic E-state index is -5.01. The molecule has 0 saturated heterocycles. The number of unbranched alkanes of at least 4 members (excludes halogenated alkanes) is 29. The molecule has 5 atom stereocenters. The minimum Gasteiger partial charge on any atom is -0.462 e. The number of carbonyl (C=O) groups is 4. The molecule has 0 aliphatic carbocycles. The van der Waals surface area contributed by atoms with Crippen LogP contribution in [-0.4, -0.2) is 96.7 Å². The van der Waals surface area contributed by atoms with Gasteiger partial charge in [-0.05, 0) is 128 Å². The monoisotopic (exact) mass is 1530 g/mol. The maximum Gasteiger partial charge on any atom is 0.472 e. The highest BCUT2D eigenvalue weighted by Crippen LogP contribution is 2.45. The number of hydrogen-bond donors (Lipinski definition) is 3. The summed E-state index contributed by atoms with van der Waals surface area (Å²) in [5.74, 6) is -2.37. The van der Waals surface area contributed by atoms with Crippen molar-refractivity contribution < 1.29 is 80.2 Å². The molecule has 0 spiro atoms. The molecule has 608 valence electrons. The summed E-state index contributed by atoms with van der Waals surface area (Å²) in [5.41, 5.74) is 0. The highest BCUT2D eigenvalue weighted by Gasteiger charge is 2.30. The van der Waals surface area contributed by atoms with Gasteiger partial charge in [0, 0.05) is 25.7 Å². The lowest BCUT2D eigenvalue weighted by molar-refractivity contribution is -0.161. The largest absolute Gasteiger partial charge is 0.472 e. The number of hydrogen-bond acceptors (Lipinski definition) is 15. The van der Waals surface area contributed by atoms with Crippen LogP contribution in [0.4, 0.5) is 0 Å². The van der Waals surface area contributed by atoms with Gasteiger partial charge in [0.15, 0.2) is 12.2 Å². The smallest absolute Gasteiger partial charge is 0.462 e. The fourth-order valence-corrected chi connectivity index (χ4v) is 12.3. The summed E-state index contributed by atoms with van der Waals surface area (Å²) in [6.07, 6.45) is 88.8. The van der Waals surface area contributed by atoms with Crippen molar-refractivity contribution in [3.8, 4) is 0 Å². The molecule has 17 nitrogen and oxygen atoms in total. The van der Waals surface area contributed by atoms with E-state index in [1.54, 1.807) is 0 Å². The standard InChI is InChI=1S/C87H148O17P2/c1-5-9-13-17-21-25-29-33-36-38-40-42-45-49-53-57-61-65-69-73-86(91)103-82(77-97-84(89)71-67-63-59-55-51-47-32-28-24-20-16-12-8-4)79-101-105(93,94)99-75-81(88)76-100-106(95,96)102-80-83(78-98-85(90)72-68-64-60-56-52-48-44-35-31-27-23-19-15-11-7-3)104-87(92)74-70-66-62-58-54-50-46-43-41-39-37-34-30-26-22-18-14-10-6-2/h21-22,25-26,33-37,40-44,49-50,53-54,61-62,65-66,81-83,88H,5-20,23-24,27-32,38-39,45-48,51-52,55-60,63-64,67-80H2,1-4H3,(H,93,94)(H,95,96)/b25-21-,26-22-,36-33-,37-34-,42-40-,43-41-,44-35-,53-49-,54-50-,65-61-,66-62-/t81-,82+,83+/m0/s1. The molecule has 0 aliphatic rings. The van der Waals surface area contributed by atoms with E-state index in [0.29, 0.717) is 38.5 Å². The number of ether oxygens (including phenoxy) is 4. The molecule has 0 fully saturated rings. The van der Waals surface area contributed by atoms with Crippen LogP contribution in [0.15, 0.2) is 134 Å². The lowest BCUT2D eigenvalue weighted by atomic mass is 10.0. The van der Waals surface area contributed by atoms with Crippen LogP contribution >= 0.6 is 15.6 Å². The second-order valence-electron chi connectivity index (χ2n) is 27.4. The molecule has 0 amide bonds.